The first-order chi connectivity index (χ1) is 17.5. The summed E-state index contributed by atoms with van der Waals surface area (Å²) in [6.45, 7) is 10.1. The van der Waals surface area contributed by atoms with Crippen molar-refractivity contribution in [2.75, 3.05) is 66.6 Å². The van der Waals surface area contributed by atoms with Gasteiger partial charge in [0.05, 0.1) is 11.5 Å². The third-order valence-corrected chi connectivity index (χ3v) is 9.81. The van der Waals surface area contributed by atoms with Crippen LogP contribution in [0.4, 0.5) is 0 Å². The minimum absolute atomic E-state index is 0.0780. The maximum Gasteiger partial charge on any atom is 0.248 e. The molecule has 2 fully saturated rings. The van der Waals surface area contributed by atoms with Gasteiger partial charge in [-0.05, 0) is 70.7 Å². The molecule has 2 saturated heterocycles. The van der Waals surface area contributed by atoms with Crippen LogP contribution in [0.2, 0.25) is 0 Å². The fourth-order valence-electron chi connectivity index (χ4n) is 5.43. The van der Waals surface area contributed by atoms with Crippen LogP contribution < -0.4 is 0 Å². The van der Waals surface area contributed by atoms with Crippen molar-refractivity contribution in [3.05, 3.63) is 28.8 Å². The lowest BCUT2D eigenvalue weighted by Gasteiger charge is -2.37. The second-order valence-corrected chi connectivity index (χ2v) is 12.5. The maximum absolute atomic E-state index is 13.1. The average Bonchev–Trinajstić information content (AvgIpc) is 3.37. The fourth-order valence-corrected chi connectivity index (χ4v) is 6.99. The summed E-state index contributed by atoms with van der Waals surface area (Å²) >= 11 is 0. The fraction of sp³-hybridized carbons (Fsp3) is 0.704. The first-order valence-corrected chi connectivity index (χ1v) is 14.8. The zero-order chi connectivity index (χ0) is 27.2. The van der Waals surface area contributed by atoms with E-state index in [-0.39, 0.29) is 37.6 Å². The molecule has 0 radical (unpaired) electrons. The van der Waals surface area contributed by atoms with Crippen LogP contribution >= 0.6 is 0 Å². The van der Waals surface area contributed by atoms with Crippen molar-refractivity contribution in [1.29, 1.82) is 0 Å². The number of amides is 2. The third kappa shape index (κ3) is 7.75. The van der Waals surface area contributed by atoms with Gasteiger partial charge in [0.2, 0.25) is 21.8 Å². The van der Waals surface area contributed by atoms with Crippen LogP contribution in [0, 0.1) is 20.8 Å². The number of sulfonamides is 1. The Kier molecular flexibility index (Phi) is 10.5. The van der Waals surface area contributed by atoms with Crippen LogP contribution in [-0.2, 0) is 24.3 Å². The Hall–Kier alpha value is -2.01. The largest absolute Gasteiger partial charge is 0.370 e. The molecule has 2 heterocycles. The van der Waals surface area contributed by atoms with Crippen LogP contribution in [0.5, 0.6) is 0 Å². The van der Waals surface area contributed by atoms with E-state index in [2.05, 4.69) is 4.90 Å². The van der Waals surface area contributed by atoms with E-state index < -0.39 is 10.0 Å². The van der Waals surface area contributed by atoms with Crippen LogP contribution in [0.25, 0.3) is 0 Å². The van der Waals surface area contributed by atoms with Crippen molar-refractivity contribution in [3.8, 4) is 0 Å². The summed E-state index contributed by atoms with van der Waals surface area (Å²) in [7, 11) is -0.338. The number of likely N-dealkylation sites (N-methyl/N-ethyl adjacent to an activating group) is 2. The van der Waals surface area contributed by atoms with Gasteiger partial charge in [0.15, 0.2) is 0 Å². The van der Waals surface area contributed by atoms with Gasteiger partial charge in [-0.2, -0.15) is 4.31 Å². The number of ether oxygens (including phenoxy) is 1. The van der Waals surface area contributed by atoms with Gasteiger partial charge >= 0.3 is 0 Å². The summed E-state index contributed by atoms with van der Waals surface area (Å²) in [6, 6.07) is 3.82. The number of likely N-dealkylation sites (tertiary alicyclic amines) is 2. The van der Waals surface area contributed by atoms with E-state index in [1.165, 1.54) is 24.2 Å². The first-order valence-electron chi connectivity index (χ1n) is 13.4. The number of rotatable bonds is 11. The molecule has 0 N–H and O–H groups in total. The Morgan fingerprint density at radius 2 is 1.59 bits per heavy atom. The molecule has 0 unspecified atom stereocenters. The van der Waals surface area contributed by atoms with E-state index in [1.54, 1.807) is 25.8 Å². The number of carbonyl (C=O) groups excluding carboxylic acids is 2. The summed E-state index contributed by atoms with van der Waals surface area (Å²) in [4.78, 5) is 31.6. The SMILES string of the molecule is Cc1cc(C)c(S(=O)(=O)N(C)CCOCC(=O)N(C)C2CCN(C(=O)CCN3CCCC3)CC2)c(C)c1. The van der Waals surface area contributed by atoms with Crippen LogP contribution in [0.1, 0.15) is 48.8 Å². The molecule has 1 aromatic rings. The Morgan fingerprint density at radius 3 is 2.19 bits per heavy atom. The Balaban J connectivity index is 1.38. The zero-order valence-electron chi connectivity index (χ0n) is 23.2. The minimum Gasteiger partial charge on any atom is -0.370 e. The summed E-state index contributed by atoms with van der Waals surface area (Å²) < 4.78 is 33.0. The maximum atomic E-state index is 13.1. The molecule has 0 spiro atoms. The summed E-state index contributed by atoms with van der Waals surface area (Å²) in [5.74, 6) is 0.0762. The van der Waals surface area contributed by atoms with Crippen LogP contribution in [-0.4, -0.2) is 112 Å². The van der Waals surface area contributed by atoms with Gasteiger partial charge in [-0.3, -0.25) is 9.59 Å². The third-order valence-electron chi connectivity index (χ3n) is 7.65. The van der Waals surface area contributed by atoms with Crippen molar-refractivity contribution in [2.45, 2.75) is 63.8 Å². The number of benzene rings is 1. The van der Waals surface area contributed by atoms with E-state index in [9.17, 15) is 18.0 Å². The van der Waals surface area contributed by atoms with Crippen molar-refractivity contribution >= 4 is 21.8 Å². The normalized spacial score (nSPS) is 17.5. The van der Waals surface area contributed by atoms with E-state index >= 15 is 0 Å². The molecule has 1 aromatic carbocycles. The number of carbonyl (C=O) groups is 2. The van der Waals surface area contributed by atoms with E-state index in [4.69, 9.17) is 4.74 Å². The highest BCUT2D eigenvalue weighted by atomic mass is 32.2. The molecule has 10 heteroatoms. The molecule has 0 saturated carbocycles. The van der Waals surface area contributed by atoms with E-state index in [1.807, 2.05) is 24.0 Å². The average molecular weight is 537 g/mol. The standard InChI is InChI=1S/C27H44N4O5S/c1-21-18-22(2)27(23(3)19-21)37(34,35)28(4)16-17-36-20-26(33)29(5)24-8-14-31(15-9-24)25(32)10-13-30-11-6-7-12-30/h18-19,24H,6-17,20H2,1-5H3. The van der Waals surface area contributed by atoms with Crippen molar-refractivity contribution in [1.82, 2.24) is 19.0 Å². The van der Waals surface area contributed by atoms with Crippen molar-refractivity contribution < 1.29 is 22.7 Å². The van der Waals surface area contributed by atoms with Crippen LogP contribution in [0.3, 0.4) is 0 Å². The lowest BCUT2D eigenvalue weighted by Crippen LogP contribution is -2.48. The monoisotopic (exact) mass is 536 g/mol. The topological polar surface area (TPSA) is 90.5 Å². The predicted molar refractivity (Wildman–Crippen MR) is 144 cm³/mol. The molecule has 2 aliphatic rings. The second-order valence-electron chi connectivity index (χ2n) is 10.5. The summed E-state index contributed by atoms with van der Waals surface area (Å²) in [5, 5.41) is 0. The van der Waals surface area contributed by atoms with Crippen LogP contribution in [0.15, 0.2) is 17.0 Å². The predicted octanol–water partition coefficient (Wildman–Crippen LogP) is 2.18. The molecule has 0 aromatic heterocycles. The number of piperidine rings is 1. The van der Waals surface area contributed by atoms with Gasteiger partial charge in [-0.1, -0.05) is 17.7 Å². The molecule has 208 valence electrons. The molecule has 0 bridgehead atoms. The molecule has 0 aliphatic carbocycles. The Bertz CT molecular complexity index is 1020. The van der Waals surface area contributed by atoms with Crippen molar-refractivity contribution in [3.63, 3.8) is 0 Å². The molecule has 0 atom stereocenters. The lowest BCUT2D eigenvalue weighted by atomic mass is 10.0. The van der Waals surface area contributed by atoms with Gasteiger partial charge in [-0.15, -0.1) is 0 Å². The summed E-state index contributed by atoms with van der Waals surface area (Å²) in [5.41, 5.74) is 2.47. The number of aryl methyl sites for hydroxylation is 3. The number of hydrogen-bond acceptors (Lipinski definition) is 6. The van der Waals surface area contributed by atoms with Gasteiger partial charge in [0.1, 0.15) is 6.61 Å². The number of hydrogen-bond donors (Lipinski definition) is 0. The smallest absolute Gasteiger partial charge is 0.248 e. The highest BCUT2D eigenvalue weighted by Gasteiger charge is 2.28. The molecule has 9 nitrogen and oxygen atoms in total. The Labute approximate surface area is 222 Å². The highest BCUT2D eigenvalue weighted by molar-refractivity contribution is 7.89. The Morgan fingerprint density at radius 1 is 1.00 bits per heavy atom. The zero-order valence-corrected chi connectivity index (χ0v) is 24.0. The van der Waals surface area contributed by atoms with Gasteiger partial charge < -0.3 is 19.4 Å². The van der Waals surface area contributed by atoms with Gasteiger partial charge in [-0.25, -0.2) is 8.42 Å². The molecular formula is C27H44N4O5S. The lowest BCUT2D eigenvalue weighted by molar-refractivity contribution is -0.139. The van der Waals surface area contributed by atoms with E-state index in [0.29, 0.717) is 24.4 Å². The van der Waals surface area contributed by atoms with Crippen molar-refractivity contribution in [2.24, 2.45) is 0 Å². The molecular weight excluding hydrogens is 492 g/mol. The quantitative estimate of drug-likeness (QED) is 0.403. The first kappa shape index (κ1) is 29.5. The van der Waals surface area contributed by atoms with Gasteiger partial charge in [0.25, 0.3) is 0 Å². The molecule has 2 aliphatic heterocycles. The minimum atomic E-state index is -3.65. The molecule has 37 heavy (non-hydrogen) atoms. The second kappa shape index (κ2) is 13.2. The van der Waals surface area contributed by atoms with E-state index in [0.717, 1.165) is 49.2 Å². The van der Waals surface area contributed by atoms with Gasteiger partial charge in [0, 0.05) is 52.7 Å². The highest BCUT2D eigenvalue weighted by Crippen LogP contribution is 2.24. The molecule has 3 rings (SSSR count). The summed E-state index contributed by atoms with van der Waals surface area (Å²) in [6.07, 6.45) is 4.54. The molecule has 2 amide bonds. The number of nitrogens with zero attached hydrogens (tertiary/aromatic N) is 4.